The molecule has 0 aromatic carbocycles. The Kier molecular flexibility index (Phi) is 48.2. The lowest BCUT2D eigenvalue weighted by molar-refractivity contribution is -0.870. The van der Waals surface area contributed by atoms with Crippen LogP contribution in [0.15, 0.2) is 72.9 Å². The summed E-state index contributed by atoms with van der Waals surface area (Å²) in [5, 5.41) is 3.01. The van der Waals surface area contributed by atoms with Gasteiger partial charge in [0.15, 0.2) is 0 Å². The number of hydrogen-bond acceptors (Lipinski definition) is 6. The quantitative estimate of drug-likeness (QED) is 0.0205. The maximum Gasteiger partial charge on any atom is 0.472 e. The summed E-state index contributed by atoms with van der Waals surface area (Å²) < 4.78 is 30.6. The summed E-state index contributed by atoms with van der Waals surface area (Å²) in [4.78, 5) is 37.5. The molecule has 406 valence electrons. The van der Waals surface area contributed by atoms with Gasteiger partial charge in [0.05, 0.1) is 33.8 Å². The van der Waals surface area contributed by atoms with Gasteiger partial charge in [-0.2, -0.15) is 0 Å². The molecule has 0 aliphatic carbocycles. The molecule has 10 heteroatoms. The van der Waals surface area contributed by atoms with Crippen LogP contribution < -0.4 is 5.32 Å². The number of unbranched alkanes of at least 4 members (excludes halogenated alkanes) is 25. The number of phosphoric ester groups is 1. The van der Waals surface area contributed by atoms with Crippen LogP contribution in [0.25, 0.3) is 0 Å². The first-order valence-electron chi connectivity index (χ1n) is 28.8. The molecule has 0 fully saturated rings. The van der Waals surface area contributed by atoms with E-state index in [1.54, 1.807) is 0 Å². The topological polar surface area (TPSA) is 111 Å². The minimum atomic E-state index is -4.46. The van der Waals surface area contributed by atoms with Crippen LogP contribution >= 0.6 is 7.82 Å². The van der Waals surface area contributed by atoms with Crippen molar-refractivity contribution in [2.75, 3.05) is 40.9 Å². The number of phosphoric acid groups is 1. The van der Waals surface area contributed by atoms with Gasteiger partial charge in [-0.05, 0) is 70.3 Å². The maximum absolute atomic E-state index is 13.5. The van der Waals surface area contributed by atoms with Crippen molar-refractivity contribution in [3.63, 3.8) is 0 Å². The third-order valence-electron chi connectivity index (χ3n) is 12.4. The molecule has 1 amide bonds. The molecule has 0 aromatic heterocycles. The van der Waals surface area contributed by atoms with Gasteiger partial charge in [-0.25, -0.2) is 4.57 Å². The summed E-state index contributed by atoms with van der Waals surface area (Å²) in [6.07, 6.45) is 63.3. The standard InChI is InChI=1S/C60H109N2O7P/c1-7-10-13-16-19-22-25-28-30-31-33-34-37-40-43-46-49-52-59(63)61-57(56-68-70(65,66)67-55-54-62(4,5)6)58(51-48-45-42-39-36-27-24-21-18-15-12-9-3)69-60(64)53-50-47-44-41-38-35-32-29-26-23-20-17-14-11-8-2/h10,13,19,22,28,30,33-34,40,43,48,51,57-58H,7-9,11-12,14-18,20-21,23-27,29,31-32,35-39,41-42,44-47,49-50,52-56H2,1-6H3,(H-,61,63,65,66)/p+1/b13-10-,22-19-,30-28-,34-33-,43-40-,51-48+. The van der Waals surface area contributed by atoms with E-state index in [9.17, 15) is 19.0 Å². The van der Waals surface area contributed by atoms with E-state index in [2.05, 4.69) is 86.8 Å². The van der Waals surface area contributed by atoms with Crippen molar-refractivity contribution in [1.82, 2.24) is 5.32 Å². The first kappa shape index (κ1) is 67.5. The fraction of sp³-hybridized carbons (Fsp3) is 0.767. The highest BCUT2D eigenvalue weighted by Crippen LogP contribution is 2.43. The van der Waals surface area contributed by atoms with Gasteiger partial charge in [0, 0.05) is 12.8 Å². The van der Waals surface area contributed by atoms with Crippen molar-refractivity contribution in [1.29, 1.82) is 0 Å². The smallest absolute Gasteiger partial charge is 0.456 e. The van der Waals surface area contributed by atoms with Crippen molar-refractivity contribution in [2.24, 2.45) is 0 Å². The molecule has 0 aliphatic rings. The monoisotopic (exact) mass is 1000 g/mol. The van der Waals surface area contributed by atoms with Gasteiger partial charge in [-0.1, -0.05) is 235 Å². The molecule has 3 atom stereocenters. The van der Waals surface area contributed by atoms with E-state index in [-0.39, 0.29) is 37.9 Å². The molecular weight excluding hydrogens is 892 g/mol. The number of ether oxygens (including phenoxy) is 1. The SMILES string of the molecule is CC/C=C\C/C=C\C/C=C\C/C=C\C/C=C\CCCC(=O)NC(COP(=O)(O)OCC[N+](C)(C)C)C(/C=C/CCCCCCCCCCCC)OC(=O)CCCCCCCCCCCCCCCCC. The molecule has 0 aromatic rings. The Morgan fingerprint density at radius 1 is 0.514 bits per heavy atom. The van der Waals surface area contributed by atoms with E-state index >= 15 is 0 Å². The molecule has 0 saturated carbocycles. The third kappa shape index (κ3) is 50.4. The number of hydrogen-bond donors (Lipinski definition) is 2. The summed E-state index contributed by atoms with van der Waals surface area (Å²) in [6.45, 7) is 6.85. The Hall–Kier alpha value is -2.55. The van der Waals surface area contributed by atoms with Gasteiger partial charge in [0.25, 0.3) is 0 Å². The predicted molar refractivity (Wildman–Crippen MR) is 300 cm³/mol. The van der Waals surface area contributed by atoms with E-state index in [0.29, 0.717) is 17.4 Å². The van der Waals surface area contributed by atoms with Gasteiger partial charge >= 0.3 is 13.8 Å². The zero-order valence-corrected chi connectivity index (χ0v) is 47.1. The van der Waals surface area contributed by atoms with Crippen LogP contribution in [0.3, 0.4) is 0 Å². The fourth-order valence-corrected chi connectivity index (χ4v) is 8.71. The molecule has 0 saturated heterocycles. The zero-order chi connectivity index (χ0) is 51.5. The third-order valence-corrected chi connectivity index (χ3v) is 13.4. The Morgan fingerprint density at radius 2 is 0.929 bits per heavy atom. The van der Waals surface area contributed by atoms with Crippen LogP contribution in [0.2, 0.25) is 0 Å². The summed E-state index contributed by atoms with van der Waals surface area (Å²) in [6, 6.07) is -0.877. The molecule has 0 aliphatic heterocycles. The van der Waals surface area contributed by atoms with Crippen molar-refractivity contribution in [3.05, 3.63) is 72.9 Å². The highest BCUT2D eigenvalue weighted by atomic mass is 31.2. The number of rotatable bonds is 51. The molecule has 0 bridgehead atoms. The summed E-state index contributed by atoms with van der Waals surface area (Å²) >= 11 is 0. The fourth-order valence-electron chi connectivity index (χ4n) is 7.98. The lowest BCUT2D eigenvalue weighted by atomic mass is 10.0. The predicted octanol–water partition coefficient (Wildman–Crippen LogP) is 17.3. The summed E-state index contributed by atoms with van der Waals surface area (Å²) in [5.41, 5.74) is 0. The second-order valence-corrected chi connectivity index (χ2v) is 21.9. The molecule has 0 spiro atoms. The van der Waals surface area contributed by atoms with Gasteiger partial charge in [0.1, 0.15) is 19.3 Å². The maximum atomic E-state index is 13.5. The van der Waals surface area contributed by atoms with Crippen molar-refractivity contribution < 1.29 is 37.3 Å². The van der Waals surface area contributed by atoms with Gasteiger partial charge < -0.3 is 19.4 Å². The molecule has 0 radical (unpaired) electrons. The first-order valence-corrected chi connectivity index (χ1v) is 30.3. The number of carbonyl (C=O) groups excluding carboxylic acids is 2. The van der Waals surface area contributed by atoms with Crippen LogP contribution in [0, 0.1) is 0 Å². The normalized spacial score (nSPS) is 14.3. The van der Waals surface area contributed by atoms with Crippen LogP contribution in [0.4, 0.5) is 0 Å². The molecular formula is C60H110N2O7P+. The van der Waals surface area contributed by atoms with Gasteiger partial charge in [-0.3, -0.25) is 18.6 Å². The lowest BCUT2D eigenvalue weighted by Gasteiger charge is -2.27. The van der Waals surface area contributed by atoms with E-state index in [1.807, 2.05) is 33.3 Å². The highest BCUT2D eigenvalue weighted by Gasteiger charge is 2.30. The number of quaternary nitrogens is 1. The number of likely N-dealkylation sites (N-methyl/N-ethyl adjacent to an activating group) is 1. The molecule has 3 unspecified atom stereocenters. The van der Waals surface area contributed by atoms with Crippen LogP contribution in [0.1, 0.15) is 245 Å². The van der Waals surface area contributed by atoms with Crippen LogP contribution in [0.5, 0.6) is 0 Å². The lowest BCUT2D eigenvalue weighted by Crippen LogP contribution is -2.47. The van der Waals surface area contributed by atoms with Crippen LogP contribution in [-0.2, 0) is 27.9 Å². The molecule has 70 heavy (non-hydrogen) atoms. The number of nitrogens with zero attached hydrogens (tertiary/aromatic N) is 1. The minimum Gasteiger partial charge on any atom is -0.456 e. The van der Waals surface area contributed by atoms with E-state index in [0.717, 1.165) is 77.0 Å². The largest absolute Gasteiger partial charge is 0.472 e. The van der Waals surface area contributed by atoms with E-state index < -0.39 is 20.0 Å². The Morgan fingerprint density at radius 3 is 1.39 bits per heavy atom. The summed E-state index contributed by atoms with van der Waals surface area (Å²) in [7, 11) is 1.46. The minimum absolute atomic E-state index is 0.0283. The summed E-state index contributed by atoms with van der Waals surface area (Å²) in [5.74, 6) is -0.571. The van der Waals surface area contributed by atoms with Crippen molar-refractivity contribution >= 4 is 19.7 Å². The highest BCUT2D eigenvalue weighted by molar-refractivity contribution is 7.47. The second-order valence-electron chi connectivity index (χ2n) is 20.4. The molecule has 9 nitrogen and oxygen atoms in total. The molecule has 0 heterocycles. The average Bonchev–Trinajstić information content (AvgIpc) is 3.32. The Labute approximate surface area is 432 Å². The Bertz CT molecular complexity index is 1430. The Balaban J connectivity index is 5.44. The number of amides is 1. The van der Waals surface area contributed by atoms with E-state index in [1.165, 1.54) is 128 Å². The number of carbonyl (C=O) groups is 2. The average molecular weight is 1000 g/mol. The van der Waals surface area contributed by atoms with Gasteiger partial charge in [-0.15, -0.1) is 0 Å². The van der Waals surface area contributed by atoms with Crippen molar-refractivity contribution in [3.8, 4) is 0 Å². The van der Waals surface area contributed by atoms with Gasteiger partial charge in [0.2, 0.25) is 5.91 Å². The number of allylic oxidation sites excluding steroid dienone is 11. The van der Waals surface area contributed by atoms with Crippen molar-refractivity contribution in [2.45, 2.75) is 258 Å². The zero-order valence-electron chi connectivity index (χ0n) is 46.2. The molecule has 2 N–H and O–H groups in total. The number of esters is 1. The second kappa shape index (κ2) is 50.0. The van der Waals surface area contributed by atoms with Crippen LogP contribution in [-0.4, -0.2) is 74.3 Å². The molecule has 0 rings (SSSR count). The first-order chi connectivity index (χ1) is 33.9. The van der Waals surface area contributed by atoms with E-state index in [4.69, 9.17) is 13.8 Å². The number of nitrogens with one attached hydrogen (secondary N) is 1.